The maximum Gasteiger partial charge on any atom is 0.323 e. The third-order valence-corrected chi connectivity index (χ3v) is 4.97. The van der Waals surface area contributed by atoms with Crippen molar-refractivity contribution < 1.29 is 9.90 Å². The van der Waals surface area contributed by atoms with E-state index in [9.17, 15) is 4.79 Å². The molecule has 1 aliphatic rings. The number of carbonyl (C=O) groups is 1. The quantitative estimate of drug-likeness (QED) is 0.787. The third-order valence-electron chi connectivity index (χ3n) is 4.97. The summed E-state index contributed by atoms with van der Waals surface area (Å²) >= 11 is 0. The highest BCUT2D eigenvalue weighted by Crippen LogP contribution is 2.34. The van der Waals surface area contributed by atoms with Crippen LogP contribution in [0, 0.1) is 11.3 Å². The standard InChI is InChI=1S/C16H32N2O2/c1-5-16(17,14(19)20)9-6-10-18-11-7-13(8-12-18)15(2,3)4/h13H,5-12,17H2,1-4H3,(H,19,20). The van der Waals surface area contributed by atoms with Crippen molar-refractivity contribution in [3.8, 4) is 0 Å². The van der Waals surface area contributed by atoms with Crippen LogP contribution in [0.5, 0.6) is 0 Å². The second-order valence-corrected chi connectivity index (χ2v) is 7.40. The molecule has 0 amide bonds. The minimum Gasteiger partial charge on any atom is -0.480 e. The van der Waals surface area contributed by atoms with Gasteiger partial charge in [-0.15, -0.1) is 0 Å². The van der Waals surface area contributed by atoms with Crippen molar-refractivity contribution in [3.05, 3.63) is 0 Å². The van der Waals surface area contributed by atoms with Crippen LogP contribution in [-0.4, -0.2) is 41.1 Å². The molecular weight excluding hydrogens is 252 g/mol. The van der Waals surface area contributed by atoms with Crippen LogP contribution in [-0.2, 0) is 4.79 Å². The molecule has 0 aromatic rings. The summed E-state index contributed by atoms with van der Waals surface area (Å²) < 4.78 is 0. The Hall–Kier alpha value is -0.610. The molecule has 1 heterocycles. The molecular formula is C16H32N2O2. The Morgan fingerprint density at radius 1 is 1.30 bits per heavy atom. The van der Waals surface area contributed by atoms with E-state index in [0.29, 0.717) is 18.3 Å². The molecule has 20 heavy (non-hydrogen) atoms. The van der Waals surface area contributed by atoms with Gasteiger partial charge in [-0.1, -0.05) is 27.7 Å². The average molecular weight is 284 g/mol. The largest absolute Gasteiger partial charge is 0.480 e. The fraction of sp³-hybridized carbons (Fsp3) is 0.938. The van der Waals surface area contributed by atoms with Crippen LogP contribution in [0.3, 0.4) is 0 Å². The Labute approximate surface area is 123 Å². The number of nitrogens with two attached hydrogens (primary N) is 1. The molecule has 0 saturated carbocycles. The topological polar surface area (TPSA) is 66.6 Å². The van der Waals surface area contributed by atoms with Gasteiger partial charge in [-0.3, -0.25) is 4.79 Å². The van der Waals surface area contributed by atoms with E-state index in [4.69, 9.17) is 10.8 Å². The first kappa shape index (κ1) is 17.4. The van der Waals surface area contributed by atoms with E-state index in [-0.39, 0.29) is 0 Å². The number of carboxylic acids is 1. The number of piperidine rings is 1. The van der Waals surface area contributed by atoms with E-state index in [1.807, 2.05) is 6.92 Å². The van der Waals surface area contributed by atoms with Gasteiger partial charge in [-0.25, -0.2) is 0 Å². The minimum absolute atomic E-state index is 0.407. The normalized spacial score (nSPS) is 21.6. The van der Waals surface area contributed by atoms with Crippen LogP contribution in [0.15, 0.2) is 0 Å². The average Bonchev–Trinajstić information content (AvgIpc) is 2.37. The van der Waals surface area contributed by atoms with E-state index in [0.717, 1.165) is 32.0 Å². The van der Waals surface area contributed by atoms with Gasteiger partial charge in [0.2, 0.25) is 0 Å². The number of hydrogen-bond acceptors (Lipinski definition) is 3. The molecule has 3 N–H and O–H groups in total. The van der Waals surface area contributed by atoms with Gasteiger partial charge in [0.1, 0.15) is 5.54 Å². The van der Waals surface area contributed by atoms with Gasteiger partial charge in [0.05, 0.1) is 0 Å². The molecule has 0 aliphatic carbocycles. The Balaban J connectivity index is 2.30. The summed E-state index contributed by atoms with van der Waals surface area (Å²) in [6, 6.07) is 0. The second kappa shape index (κ2) is 6.90. The van der Waals surface area contributed by atoms with Gasteiger partial charge in [0.25, 0.3) is 0 Å². The Morgan fingerprint density at radius 3 is 2.25 bits per heavy atom. The van der Waals surface area contributed by atoms with E-state index in [2.05, 4.69) is 25.7 Å². The van der Waals surface area contributed by atoms with Crippen LogP contribution < -0.4 is 5.73 Å². The number of carboxylic acid groups (broad SMARTS) is 1. The number of nitrogens with zero attached hydrogens (tertiary/aromatic N) is 1. The molecule has 0 aromatic carbocycles. The predicted octanol–water partition coefficient (Wildman–Crippen LogP) is 2.72. The summed E-state index contributed by atoms with van der Waals surface area (Å²) in [4.78, 5) is 13.6. The number of hydrogen-bond donors (Lipinski definition) is 2. The van der Waals surface area contributed by atoms with Crippen LogP contribution in [0.25, 0.3) is 0 Å². The smallest absolute Gasteiger partial charge is 0.323 e. The van der Waals surface area contributed by atoms with E-state index in [1.165, 1.54) is 12.8 Å². The summed E-state index contributed by atoms with van der Waals surface area (Å²) in [7, 11) is 0. The van der Waals surface area contributed by atoms with Gasteiger partial charge in [-0.05, 0) is 63.1 Å². The lowest BCUT2D eigenvalue weighted by molar-refractivity contribution is -0.143. The molecule has 0 radical (unpaired) electrons. The fourth-order valence-electron chi connectivity index (χ4n) is 3.08. The van der Waals surface area contributed by atoms with Gasteiger partial charge in [0, 0.05) is 0 Å². The zero-order valence-electron chi connectivity index (χ0n) is 13.6. The molecule has 0 spiro atoms. The highest BCUT2D eigenvalue weighted by Gasteiger charge is 2.32. The van der Waals surface area contributed by atoms with Crippen LogP contribution in [0.4, 0.5) is 0 Å². The lowest BCUT2D eigenvalue weighted by atomic mass is 9.75. The molecule has 1 atom stereocenters. The van der Waals surface area contributed by atoms with Crippen molar-refractivity contribution in [1.29, 1.82) is 0 Å². The zero-order valence-corrected chi connectivity index (χ0v) is 13.6. The molecule has 1 saturated heterocycles. The SMILES string of the molecule is CCC(N)(CCCN1CCC(C(C)(C)C)CC1)C(=O)O. The zero-order chi connectivity index (χ0) is 15.4. The molecule has 1 unspecified atom stereocenters. The van der Waals surface area contributed by atoms with E-state index in [1.54, 1.807) is 0 Å². The fourth-order valence-corrected chi connectivity index (χ4v) is 3.08. The van der Waals surface area contributed by atoms with Crippen LogP contribution in [0.1, 0.15) is 59.8 Å². The molecule has 1 rings (SSSR count). The number of aliphatic carboxylic acids is 1. The highest BCUT2D eigenvalue weighted by atomic mass is 16.4. The van der Waals surface area contributed by atoms with Crippen LogP contribution >= 0.6 is 0 Å². The van der Waals surface area contributed by atoms with Gasteiger partial charge in [-0.2, -0.15) is 0 Å². The first-order valence-corrected chi connectivity index (χ1v) is 7.93. The van der Waals surface area contributed by atoms with Crippen molar-refractivity contribution in [2.75, 3.05) is 19.6 Å². The lowest BCUT2D eigenvalue weighted by Gasteiger charge is -2.39. The monoisotopic (exact) mass is 284 g/mol. The maximum atomic E-state index is 11.1. The van der Waals surface area contributed by atoms with Crippen LogP contribution in [0.2, 0.25) is 0 Å². The Bertz CT molecular complexity index is 317. The van der Waals surface area contributed by atoms with Crippen molar-refractivity contribution in [1.82, 2.24) is 4.90 Å². The van der Waals surface area contributed by atoms with Gasteiger partial charge in [0.15, 0.2) is 0 Å². The summed E-state index contributed by atoms with van der Waals surface area (Å²) in [5.74, 6) is -0.0616. The molecule has 4 nitrogen and oxygen atoms in total. The van der Waals surface area contributed by atoms with Gasteiger partial charge < -0.3 is 15.7 Å². The van der Waals surface area contributed by atoms with Gasteiger partial charge >= 0.3 is 5.97 Å². The Kier molecular flexibility index (Phi) is 6.02. The maximum absolute atomic E-state index is 11.1. The molecule has 0 aromatic heterocycles. The molecule has 4 heteroatoms. The molecule has 118 valence electrons. The van der Waals surface area contributed by atoms with Crippen molar-refractivity contribution >= 4 is 5.97 Å². The van der Waals surface area contributed by atoms with Crippen molar-refractivity contribution in [2.24, 2.45) is 17.1 Å². The van der Waals surface area contributed by atoms with Crippen molar-refractivity contribution in [2.45, 2.75) is 65.3 Å². The second-order valence-electron chi connectivity index (χ2n) is 7.40. The summed E-state index contributed by atoms with van der Waals surface area (Å²) in [5, 5.41) is 9.16. The Morgan fingerprint density at radius 2 is 1.85 bits per heavy atom. The van der Waals surface area contributed by atoms with E-state index >= 15 is 0 Å². The first-order chi connectivity index (χ1) is 9.19. The summed E-state index contributed by atoms with van der Waals surface area (Å²) in [5.41, 5.74) is 5.29. The predicted molar refractivity (Wildman–Crippen MR) is 82.7 cm³/mol. The summed E-state index contributed by atoms with van der Waals surface area (Å²) in [6.45, 7) is 12.1. The summed E-state index contributed by atoms with van der Waals surface area (Å²) in [6.07, 6.45) is 4.44. The number of rotatable bonds is 6. The molecule has 1 fully saturated rings. The highest BCUT2D eigenvalue weighted by molar-refractivity contribution is 5.78. The van der Waals surface area contributed by atoms with Crippen molar-refractivity contribution in [3.63, 3.8) is 0 Å². The van der Waals surface area contributed by atoms with E-state index < -0.39 is 11.5 Å². The third kappa shape index (κ3) is 4.74. The number of likely N-dealkylation sites (tertiary alicyclic amines) is 1. The molecule has 0 bridgehead atoms. The molecule has 1 aliphatic heterocycles. The minimum atomic E-state index is -1.04. The first-order valence-electron chi connectivity index (χ1n) is 7.93. The lowest BCUT2D eigenvalue weighted by Crippen LogP contribution is -2.48.